The van der Waals surface area contributed by atoms with E-state index < -0.39 is 0 Å². The first-order valence-electron chi connectivity index (χ1n) is 12.1. The number of fused-ring (bicyclic) bond motifs is 6. The highest BCUT2D eigenvalue weighted by Crippen LogP contribution is 2.37. The molecule has 0 spiro atoms. The van der Waals surface area contributed by atoms with Crippen LogP contribution < -0.4 is 0 Å². The van der Waals surface area contributed by atoms with E-state index >= 15 is 0 Å². The number of aromatic nitrogens is 2. The Morgan fingerprint density at radius 1 is 0.541 bits per heavy atom. The van der Waals surface area contributed by atoms with Gasteiger partial charge in [-0.1, -0.05) is 48.5 Å². The molecule has 5 aromatic carbocycles. The highest BCUT2D eigenvalue weighted by atomic mass is 15.0. The van der Waals surface area contributed by atoms with Crippen LogP contribution >= 0.6 is 0 Å². The summed E-state index contributed by atoms with van der Waals surface area (Å²) in [6.07, 6.45) is 0. The molecule has 0 aliphatic rings. The Morgan fingerprint density at radius 3 is 1.81 bits per heavy atom. The van der Waals surface area contributed by atoms with Crippen molar-refractivity contribution in [3.63, 3.8) is 0 Å². The van der Waals surface area contributed by atoms with Gasteiger partial charge >= 0.3 is 0 Å². The summed E-state index contributed by atoms with van der Waals surface area (Å²) in [6, 6.07) is 39.7. The number of benzene rings is 5. The first-order chi connectivity index (χ1) is 18.2. The third kappa shape index (κ3) is 3.00. The van der Waals surface area contributed by atoms with Gasteiger partial charge in [-0.3, -0.25) is 0 Å². The lowest BCUT2D eigenvalue weighted by Crippen LogP contribution is -1.98. The van der Waals surface area contributed by atoms with Gasteiger partial charge in [0, 0.05) is 39.6 Å². The number of nitrogens with zero attached hydrogens (tertiary/aromatic N) is 4. The van der Waals surface area contributed by atoms with Gasteiger partial charge in [0.25, 0.3) is 0 Å². The van der Waals surface area contributed by atoms with Crippen LogP contribution in [0.4, 0.5) is 0 Å². The minimum Gasteiger partial charge on any atom is -0.344 e. The highest BCUT2D eigenvalue weighted by Gasteiger charge is 2.16. The minimum atomic E-state index is 0.479. The second-order valence-electron chi connectivity index (χ2n) is 9.35. The first-order valence-corrected chi connectivity index (χ1v) is 12.1. The Hall–Kier alpha value is -5.32. The molecule has 172 valence electrons. The SMILES string of the molecule is Cn1c2ccccc2c2cc(-c3ccc4c(c3)c3ccccc3n4-c3ccc(C#N)cc3C#N)ccc21. The van der Waals surface area contributed by atoms with Crippen LogP contribution in [0.15, 0.2) is 103 Å². The number of para-hydroxylation sites is 2. The van der Waals surface area contributed by atoms with Crippen LogP contribution in [0, 0.1) is 22.7 Å². The summed E-state index contributed by atoms with van der Waals surface area (Å²) in [7, 11) is 2.11. The monoisotopic (exact) mass is 472 g/mol. The Labute approximate surface area is 213 Å². The fraction of sp³-hybridized carbons (Fsp3) is 0.0303. The van der Waals surface area contributed by atoms with E-state index in [1.165, 1.54) is 27.4 Å². The average Bonchev–Trinajstić information content (AvgIpc) is 3.44. The second kappa shape index (κ2) is 7.85. The van der Waals surface area contributed by atoms with E-state index in [0.29, 0.717) is 11.1 Å². The van der Waals surface area contributed by atoms with Gasteiger partial charge in [0.05, 0.1) is 33.9 Å². The lowest BCUT2D eigenvalue weighted by Gasteiger charge is -2.10. The van der Waals surface area contributed by atoms with E-state index in [0.717, 1.165) is 33.1 Å². The van der Waals surface area contributed by atoms with Crippen molar-refractivity contribution in [3.05, 3.63) is 114 Å². The van der Waals surface area contributed by atoms with Gasteiger partial charge < -0.3 is 9.13 Å². The number of hydrogen-bond donors (Lipinski definition) is 0. The van der Waals surface area contributed by atoms with Crippen LogP contribution in [-0.2, 0) is 7.05 Å². The summed E-state index contributed by atoms with van der Waals surface area (Å²) >= 11 is 0. The molecule has 0 saturated heterocycles. The maximum Gasteiger partial charge on any atom is 0.101 e. The van der Waals surface area contributed by atoms with Gasteiger partial charge in [0.1, 0.15) is 6.07 Å². The molecule has 0 unspecified atom stereocenters. The van der Waals surface area contributed by atoms with Crippen LogP contribution in [0.2, 0.25) is 0 Å². The Morgan fingerprint density at radius 2 is 1.11 bits per heavy atom. The van der Waals surface area contributed by atoms with Crippen LogP contribution in [0.1, 0.15) is 11.1 Å². The molecule has 4 nitrogen and oxygen atoms in total. The van der Waals surface area contributed by atoms with E-state index in [9.17, 15) is 10.5 Å². The molecule has 0 bridgehead atoms. The van der Waals surface area contributed by atoms with Crippen molar-refractivity contribution in [3.8, 4) is 29.0 Å². The first kappa shape index (κ1) is 21.0. The topological polar surface area (TPSA) is 57.4 Å². The number of aryl methyl sites for hydroxylation is 1. The van der Waals surface area contributed by atoms with Gasteiger partial charge in [-0.15, -0.1) is 0 Å². The molecule has 0 saturated carbocycles. The Bertz CT molecular complexity index is 2130. The summed E-state index contributed by atoms with van der Waals surface area (Å²) in [5.74, 6) is 0. The zero-order chi connectivity index (χ0) is 25.1. The summed E-state index contributed by atoms with van der Waals surface area (Å²) in [6.45, 7) is 0. The number of rotatable bonds is 2. The molecule has 7 aromatic rings. The van der Waals surface area contributed by atoms with Crippen molar-refractivity contribution in [1.29, 1.82) is 10.5 Å². The zero-order valence-corrected chi connectivity index (χ0v) is 20.1. The van der Waals surface area contributed by atoms with Crippen molar-refractivity contribution < 1.29 is 0 Å². The Kier molecular flexibility index (Phi) is 4.46. The number of nitriles is 2. The maximum atomic E-state index is 9.86. The number of hydrogen-bond acceptors (Lipinski definition) is 2. The normalized spacial score (nSPS) is 11.3. The molecule has 0 aliphatic carbocycles. The van der Waals surface area contributed by atoms with E-state index in [1.54, 1.807) is 12.1 Å². The van der Waals surface area contributed by atoms with Crippen molar-refractivity contribution in [2.45, 2.75) is 0 Å². The molecule has 0 N–H and O–H groups in total. The van der Waals surface area contributed by atoms with Gasteiger partial charge in [0.15, 0.2) is 0 Å². The largest absolute Gasteiger partial charge is 0.344 e. The molecule has 0 atom stereocenters. The summed E-state index contributed by atoms with van der Waals surface area (Å²) < 4.78 is 4.37. The molecule has 0 fully saturated rings. The lowest BCUT2D eigenvalue weighted by molar-refractivity contribution is 1.01. The molecule has 7 rings (SSSR count). The van der Waals surface area contributed by atoms with Crippen LogP contribution in [0.3, 0.4) is 0 Å². The molecule has 4 heteroatoms. The lowest BCUT2D eigenvalue weighted by atomic mass is 10.0. The van der Waals surface area contributed by atoms with E-state index in [1.807, 2.05) is 18.2 Å². The molecule has 2 aromatic heterocycles. The third-order valence-electron chi connectivity index (χ3n) is 7.41. The minimum absolute atomic E-state index is 0.479. The maximum absolute atomic E-state index is 9.86. The fourth-order valence-corrected chi connectivity index (χ4v) is 5.65. The van der Waals surface area contributed by atoms with Gasteiger partial charge in [0.2, 0.25) is 0 Å². The van der Waals surface area contributed by atoms with Gasteiger partial charge in [-0.2, -0.15) is 10.5 Å². The van der Waals surface area contributed by atoms with Crippen molar-refractivity contribution in [1.82, 2.24) is 9.13 Å². The van der Waals surface area contributed by atoms with E-state index in [-0.39, 0.29) is 0 Å². The smallest absolute Gasteiger partial charge is 0.101 e. The molecular formula is C33H20N4. The second-order valence-corrected chi connectivity index (χ2v) is 9.35. The summed E-state index contributed by atoms with van der Waals surface area (Å²) in [5.41, 5.74) is 8.54. The highest BCUT2D eigenvalue weighted by molar-refractivity contribution is 6.12. The third-order valence-corrected chi connectivity index (χ3v) is 7.41. The fourth-order valence-electron chi connectivity index (χ4n) is 5.65. The molecule has 0 amide bonds. The Balaban J connectivity index is 1.48. The summed E-state index contributed by atoms with van der Waals surface area (Å²) in [4.78, 5) is 0. The molecule has 2 heterocycles. The van der Waals surface area contributed by atoms with Crippen molar-refractivity contribution in [2.75, 3.05) is 0 Å². The van der Waals surface area contributed by atoms with Crippen LogP contribution in [0.25, 0.3) is 60.4 Å². The average molecular weight is 473 g/mol. The van der Waals surface area contributed by atoms with Gasteiger partial charge in [-0.05, 0) is 65.7 Å². The van der Waals surface area contributed by atoms with E-state index in [4.69, 9.17) is 0 Å². The van der Waals surface area contributed by atoms with Gasteiger partial charge in [-0.25, -0.2) is 0 Å². The quantitative estimate of drug-likeness (QED) is 0.257. The predicted molar refractivity (Wildman–Crippen MR) is 150 cm³/mol. The summed E-state index contributed by atoms with van der Waals surface area (Å²) in [5, 5.41) is 23.9. The standard InChI is InChI=1S/C33H20N4/c1-36-30-8-4-2-6-25(30)27-17-22(11-14-31(27)36)23-12-15-33-28(18-23)26-7-3-5-9-32(26)37(33)29-13-10-21(19-34)16-24(29)20-35/h2-18H,1H3. The van der Waals surface area contributed by atoms with Crippen LogP contribution in [-0.4, -0.2) is 9.13 Å². The molecular weight excluding hydrogens is 452 g/mol. The predicted octanol–water partition coefficient (Wildman–Crippen LogP) is 7.84. The molecule has 0 aliphatic heterocycles. The van der Waals surface area contributed by atoms with E-state index in [2.05, 4.69) is 101 Å². The molecule has 0 radical (unpaired) electrons. The molecule has 37 heavy (non-hydrogen) atoms. The van der Waals surface area contributed by atoms with Crippen molar-refractivity contribution >= 4 is 43.6 Å². The zero-order valence-electron chi connectivity index (χ0n) is 20.1. The van der Waals surface area contributed by atoms with Crippen LogP contribution in [0.5, 0.6) is 0 Å². The van der Waals surface area contributed by atoms with Crippen molar-refractivity contribution in [2.24, 2.45) is 7.05 Å².